The fraction of sp³-hybridized carbons (Fsp3) is 0.615. The van der Waals surface area contributed by atoms with E-state index >= 15 is 0 Å². The molecule has 6 heteroatoms. The van der Waals surface area contributed by atoms with Crippen LogP contribution in [-0.4, -0.2) is 32.7 Å². The summed E-state index contributed by atoms with van der Waals surface area (Å²) >= 11 is 6.22. The third-order valence-corrected chi connectivity index (χ3v) is 4.26. The summed E-state index contributed by atoms with van der Waals surface area (Å²) in [5, 5.41) is 4.81. The average molecular weight is 280 g/mol. The van der Waals surface area contributed by atoms with Crippen molar-refractivity contribution in [3.05, 3.63) is 17.0 Å². The highest BCUT2D eigenvalue weighted by molar-refractivity contribution is 6.30. The average Bonchev–Trinajstić information content (AvgIpc) is 2.72. The summed E-state index contributed by atoms with van der Waals surface area (Å²) in [5.41, 5.74) is 0.981. The van der Waals surface area contributed by atoms with E-state index in [1.807, 2.05) is 6.92 Å². The Balaban J connectivity index is 2.07. The molecule has 2 aromatic rings. The molecule has 0 spiro atoms. The molecule has 3 heterocycles. The van der Waals surface area contributed by atoms with Crippen LogP contribution in [0.1, 0.15) is 31.7 Å². The highest BCUT2D eigenvalue weighted by atomic mass is 35.5. The second-order valence-electron chi connectivity index (χ2n) is 5.35. The molecule has 1 aliphatic rings. The van der Waals surface area contributed by atoms with E-state index in [2.05, 4.69) is 26.9 Å². The lowest BCUT2D eigenvalue weighted by atomic mass is 10.0. The molecular weight excluding hydrogens is 262 g/mol. The molecular formula is C13H18ClN5. The van der Waals surface area contributed by atoms with Gasteiger partial charge in [-0.3, -0.25) is 0 Å². The summed E-state index contributed by atoms with van der Waals surface area (Å²) in [6.07, 6.45) is 5.23. The first-order valence-corrected chi connectivity index (χ1v) is 7.15. The van der Waals surface area contributed by atoms with E-state index in [0.29, 0.717) is 10.9 Å². The summed E-state index contributed by atoms with van der Waals surface area (Å²) in [5.74, 6) is 2.40. The Morgan fingerprint density at radius 1 is 1.32 bits per heavy atom. The maximum atomic E-state index is 6.22. The largest absolute Gasteiger partial charge is 0.356 e. The van der Waals surface area contributed by atoms with Gasteiger partial charge in [0.05, 0.1) is 0 Å². The molecule has 0 N–H and O–H groups in total. The summed E-state index contributed by atoms with van der Waals surface area (Å²) in [7, 11) is 0. The monoisotopic (exact) mass is 279 g/mol. The Hall–Kier alpha value is -1.36. The van der Waals surface area contributed by atoms with E-state index in [-0.39, 0.29) is 0 Å². The summed E-state index contributed by atoms with van der Waals surface area (Å²) in [6.45, 7) is 6.40. The SMILES string of the molecule is Cc1c(Cl)nc2ncnn2c1N1CCCC(C)CC1. The normalized spacial score (nSPS) is 20.8. The van der Waals surface area contributed by atoms with Crippen molar-refractivity contribution in [2.45, 2.75) is 33.1 Å². The molecule has 1 atom stereocenters. The Kier molecular flexibility index (Phi) is 3.31. The third kappa shape index (κ3) is 2.27. The van der Waals surface area contributed by atoms with Gasteiger partial charge in [0.1, 0.15) is 17.3 Å². The zero-order valence-electron chi connectivity index (χ0n) is 11.3. The predicted octanol–water partition coefficient (Wildman–Crippen LogP) is 2.71. The van der Waals surface area contributed by atoms with Crippen molar-refractivity contribution in [3.8, 4) is 0 Å². The Morgan fingerprint density at radius 2 is 2.16 bits per heavy atom. The third-order valence-electron chi connectivity index (χ3n) is 3.89. The molecule has 3 rings (SSSR count). The molecule has 1 saturated heterocycles. The minimum absolute atomic E-state index is 0.521. The fourth-order valence-electron chi connectivity index (χ4n) is 2.73. The van der Waals surface area contributed by atoms with Crippen LogP contribution < -0.4 is 4.90 Å². The highest BCUT2D eigenvalue weighted by Crippen LogP contribution is 2.28. The van der Waals surface area contributed by atoms with Crippen LogP contribution in [0, 0.1) is 12.8 Å². The molecule has 2 aromatic heterocycles. The summed E-state index contributed by atoms with van der Waals surface area (Å²) in [6, 6.07) is 0. The zero-order valence-corrected chi connectivity index (χ0v) is 12.1. The number of nitrogens with zero attached hydrogens (tertiary/aromatic N) is 5. The van der Waals surface area contributed by atoms with E-state index in [1.165, 1.54) is 25.6 Å². The Labute approximate surface area is 117 Å². The number of anilines is 1. The van der Waals surface area contributed by atoms with Gasteiger partial charge in [0, 0.05) is 18.7 Å². The maximum Gasteiger partial charge on any atom is 0.255 e. The smallest absolute Gasteiger partial charge is 0.255 e. The minimum atomic E-state index is 0.521. The quantitative estimate of drug-likeness (QED) is 0.753. The lowest BCUT2D eigenvalue weighted by Gasteiger charge is -2.25. The van der Waals surface area contributed by atoms with Crippen LogP contribution >= 0.6 is 11.6 Å². The number of halogens is 1. The molecule has 0 amide bonds. The molecule has 5 nitrogen and oxygen atoms in total. The van der Waals surface area contributed by atoms with E-state index < -0.39 is 0 Å². The van der Waals surface area contributed by atoms with Crippen molar-refractivity contribution in [3.63, 3.8) is 0 Å². The molecule has 19 heavy (non-hydrogen) atoms. The molecule has 0 aromatic carbocycles. The van der Waals surface area contributed by atoms with Crippen molar-refractivity contribution in [2.75, 3.05) is 18.0 Å². The first kappa shape index (κ1) is 12.7. The molecule has 1 aliphatic heterocycles. The molecule has 0 aliphatic carbocycles. The molecule has 0 saturated carbocycles. The molecule has 0 radical (unpaired) electrons. The number of hydrogen-bond donors (Lipinski definition) is 0. The summed E-state index contributed by atoms with van der Waals surface area (Å²) in [4.78, 5) is 10.8. The van der Waals surface area contributed by atoms with Gasteiger partial charge in [0.2, 0.25) is 0 Å². The van der Waals surface area contributed by atoms with Crippen LogP contribution in [0.25, 0.3) is 5.78 Å². The van der Waals surface area contributed by atoms with Crippen molar-refractivity contribution < 1.29 is 0 Å². The second-order valence-corrected chi connectivity index (χ2v) is 5.70. The standard InChI is InChI=1S/C13H18ClN5/c1-9-4-3-6-18(7-5-9)12-10(2)11(14)17-13-15-8-16-19(12)13/h8-9H,3-7H2,1-2H3. The van der Waals surface area contributed by atoms with E-state index in [9.17, 15) is 0 Å². The van der Waals surface area contributed by atoms with Gasteiger partial charge in [0.25, 0.3) is 5.78 Å². The maximum absolute atomic E-state index is 6.22. The van der Waals surface area contributed by atoms with Gasteiger partial charge in [-0.2, -0.15) is 19.6 Å². The van der Waals surface area contributed by atoms with Crippen LogP contribution in [0.5, 0.6) is 0 Å². The lowest BCUT2D eigenvalue weighted by molar-refractivity contribution is 0.521. The fourth-order valence-corrected chi connectivity index (χ4v) is 2.89. The van der Waals surface area contributed by atoms with Crippen molar-refractivity contribution in [1.29, 1.82) is 0 Å². The Bertz CT molecular complexity index is 594. The first-order valence-electron chi connectivity index (χ1n) is 6.77. The topological polar surface area (TPSA) is 46.3 Å². The molecule has 1 fully saturated rings. The van der Waals surface area contributed by atoms with E-state index in [4.69, 9.17) is 11.6 Å². The van der Waals surface area contributed by atoms with Gasteiger partial charge in [-0.15, -0.1) is 0 Å². The van der Waals surface area contributed by atoms with Crippen LogP contribution in [0.2, 0.25) is 5.15 Å². The van der Waals surface area contributed by atoms with Crippen LogP contribution in [0.4, 0.5) is 5.82 Å². The Morgan fingerprint density at radius 3 is 3.00 bits per heavy atom. The van der Waals surface area contributed by atoms with E-state index in [0.717, 1.165) is 30.4 Å². The molecule has 1 unspecified atom stereocenters. The summed E-state index contributed by atoms with van der Waals surface area (Å²) < 4.78 is 1.80. The number of fused-ring (bicyclic) bond motifs is 1. The zero-order chi connectivity index (χ0) is 13.4. The first-order chi connectivity index (χ1) is 9.16. The number of aromatic nitrogens is 4. The van der Waals surface area contributed by atoms with Gasteiger partial charge in [-0.05, 0) is 32.1 Å². The lowest BCUT2D eigenvalue weighted by Crippen LogP contribution is -2.28. The van der Waals surface area contributed by atoms with Gasteiger partial charge in [-0.25, -0.2) is 0 Å². The van der Waals surface area contributed by atoms with Gasteiger partial charge < -0.3 is 4.90 Å². The van der Waals surface area contributed by atoms with Crippen LogP contribution in [0.15, 0.2) is 6.33 Å². The molecule has 0 bridgehead atoms. The highest BCUT2D eigenvalue weighted by Gasteiger charge is 2.21. The molecule has 102 valence electrons. The van der Waals surface area contributed by atoms with E-state index in [1.54, 1.807) is 4.52 Å². The van der Waals surface area contributed by atoms with Crippen molar-refractivity contribution in [2.24, 2.45) is 5.92 Å². The van der Waals surface area contributed by atoms with Gasteiger partial charge in [0.15, 0.2) is 0 Å². The number of hydrogen-bond acceptors (Lipinski definition) is 4. The van der Waals surface area contributed by atoms with Gasteiger partial charge in [-0.1, -0.05) is 18.5 Å². The van der Waals surface area contributed by atoms with Crippen molar-refractivity contribution >= 4 is 23.2 Å². The number of rotatable bonds is 1. The van der Waals surface area contributed by atoms with Crippen LogP contribution in [-0.2, 0) is 0 Å². The van der Waals surface area contributed by atoms with Gasteiger partial charge >= 0.3 is 0 Å². The minimum Gasteiger partial charge on any atom is -0.356 e. The van der Waals surface area contributed by atoms with Crippen molar-refractivity contribution in [1.82, 2.24) is 19.6 Å². The van der Waals surface area contributed by atoms with Crippen LogP contribution in [0.3, 0.4) is 0 Å². The second kappa shape index (κ2) is 4.96. The predicted molar refractivity (Wildman–Crippen MR) is 75.8 cm³/mol.